The first-order chi connectivity index (χ1) is 15.6. The molecule has 0 radical (unpaired) electrons. The van der Waals surface area contributed by atoms with Crippen molar-refractivity contribution in [3.05, 3.63) is 58.2 Å². The predicted molar refractivity (Wildman–Crippen MR) is 139 cm³/mol. The summed E-state index contributed by atoms with van der Waals surface area (Å²) in [5.41, 5.74) is 8.92. The van der Waals surface area contributed by atoms with Crippen molar-refractivity contribution in [3.63, 3.8) is 0 Å². The van der Waals surface area contributed by atoms with E-state index >= 15 is 0 Å². The number of aliphatic hydroxyl groups excluding tert-OH is 1. The molecule has 180 valence electrons. The molecule has 1 nitrogen and oxygen atoms in total. The van der Waals surface area contributed by atoms with Gasteiger partial charge in [-0.1, -0.05) is 70.5 Å². The number of fused-ring (bicyclic) bond motifs is 4. The van der Waals surface area contributed by atoms with Gasteiger partial charge in [-0.3, -0.25) is 0 Å². The van der Waals surface area contributed by atoms with Crippen molar-refractivity contribution in [2.75, 3.05) is 0 Å². The van der Waals surface area contributed by atoms with Crippen molar-refractivity contribution in [2.24, 2.45) is 34.0 Å². The molecule has 5 rings (SSSR count). The molecule has 33 heavy (non-hydrogen) atoms. The topological polar surface area (TPSA) is 20.2 Å². The Hall–Kier alpha value is -1.34. The molecule has 1 fully saturated rings. The third kappa shape index (κ3) is 3.51. The van der Waals surface area contributed by atoms with E-state index in [4.69, 9.17) is 0 Å². The number of rotatable bonds is 4. The van der Waals surface area contributed by atoms with Crippen LogP contribution in [-0.2, 0) is 6.42 Å². The smallest absolute Gasteiger partial charge is 0.0594 e. The third-order valence-electron chi connectivity index (χ3n) is 11.2. The number of hydrogen-bond donors (Lipinski definition) is 1. The van der Waals surface area contributed by atoms with Crippen LogP contribution < -0.4 is 0 Å². The van der Waals surface area contributed by atoms with E-state index in [9.17, 15) is 5.11 Å². The normalized spacial score (nSPS) is 38.3. The van der Waals surface area contributed by atoms with Crippen LogP contribution in [0.25, 0.3) is 0 Å². The minimum atomic E-state index is -0.143. The van der Waals surface area contributed by atoms with Crippen molar-refractivity contribution in [2.45, 2.75) is 105 Å². The maximum Gasteiger partial charge on any atom is 0.0594 e. The fourth-order valence-corrected chi connectivity index (χ4v) is 9.05. The van der Waals surface area contributed by atoms with Gasteiger partial charge in [-0.05, 0) is 121 Å². The minimum Gasteiger partial charge on any atom is -0.393 e. The Labute approximate surface area is 202 Å². The second kappa shape index (κ2) is 8.11. The molecule has 6 atom stereocenters. The van der Waals surface area contributed by atoms with E-state index in [1.165, 1.54) is 62.5 Å². The van der Waals surface area contributed by atoms with Gasteiger partial charge in [-0.2, -0.15) is 0 Å². The van der Waals surface area contributed by atoms with Crippen LogP contribution in [0.5, 0.6) is 0 Å². The molecule has 0 amide bonds. The minimum absolute atomic E-state index is 0.0307. The van der Waals surface area contributed by atoms with Gasteiger partial charge in [-0.15, -0.1) is 0 Å². The van der Waals surface area contributed by atoms with E-state index in [1.807, 2.05) is 0 Å². The second-order valence-electron chi connectivity index (χ2n) is 13.2. The van der Waals surface area contributed by atoms with Crippen LogP contribution >= 0.6 is 0 Å². The third-order valence-corrected chi connectivity index (χ3v) is 11.2. The Kier molecular flexibility index (Phi) is 5.75. The van der Waals surface area contributed by atoms with Crippen LogP contribution in [0, 0.1) is 40.9 Å². The summed E-state index contributed by atoms with van der Waals surface area (Å²) in [5.74, 6) is 2.14. The van der Waals surface area contributed by atoms with Crippen LogP contribution in [0.15, 0.2) is 47.1 Å². The fourth-order valence-electron chi connectivity index (χ4n) is 9.05. The molecule has 1 aromatic carbocycles. The van der Waals surface area contributed by atoms with Gasteiger partial charge < -0.3 is 5.11 Å². The molecule has 1 N–H and O–H groups in total. The highest BCUT2D eigenvalue weighted by Crippen LogP contribution is 2.66. The molecule has 0 heterocycles. The highest BCUT2D eigenvalue weighted by atomic mass is 16.3. The molecular formula is C32H46O. The quantitative estimate of drug-likeness (QED) is 0.494. The summed E-state index contributed by atoms with van der Waals surface area (Å²) in [7, 11) is 0. The molecule has 0 saturated heterocycles. The Bertz CT molecular complexity index is 980. The lowest BCUT2D eigenvalue weighted by atomic mass is 9.46. The number of aliphatic hydroxyl groups is 1. The van der Waals surface area contributed by atoms with Crippen LogP contribution in [-0.4, -0.2) is 11.2 Å². The summed E-state index contributed by atoms with van der Waals surface area (Å²) in [5, 5.41) is 10.8. The van der Waals surface area contributed by atoms with Gasteiger partial charge in [0.15, 0.2) is 0 Å². The lowest BCUT2D eigenvalue weighted by molar-refractivity contribution is -0.0905. The molecule has 0 aromatic heterocycles. The summed E-state index contributed by atoms with van der Waals surface area (Å²) in [4.78, 5) is 0. The summed E-state index contributed by atoms with van der Waals surface area (Å²) >= 11 is 0. The number of benzene rings is 1. The number of aryl methyl sites for hydroxylation is 2. The molecule has 0 bridgehead atoms. The summed E-state index contributed by atoms with van der Waals surface area (Å²) in [6.07, 6.45) is 13.5. The maximum absolute atomic E-state index is 10.8. The summed E-state index contributed by atoms with van der Waals surface area (Å²) < 4.78 is 0. The molecule has 0 aliphatic heterocycles. The van der Waals surface area contributed by atoms with E-state index in [0.717, 1.165) is 18.3 Å². The second-order valence-corrected chi connectivity index (χ2v) is 13.2. The van der Waals surface area contributed by atoms with E-state index < -0.39 is 0 Å². The molecule has 4 aliphatic carbocycles. The number of allylic oxidation sites excluding steroid dienone is 4. The van der Waals surface area contributed by atoms with Crippen LogP contribution in [0.2, 0.25) is 0 Å². The first kappa shape index (κ1) is 23.4. The zero-order valence-corrected chi connectivity index (χ0v) is 22.0. The monoisotopic (exact) mass is 446 g/mol. The lowest BCUT2D eigenvalue weighted by Gasteiger charge is -2.59. The average Bonchev–Trinajstić information content (AvgIpc) is 3.13. The summed E-state index contributed by atoms with van der Waals surface area (Å²) in [6, 6.07) is 8.93. The lowest BCUT2D eigenvalue weighted by Crippen LogP contribution is -2.53. The molecule has 1 aromatic rings. The largest absolute Gasteiger partial charge is 0.393 e. The van der Waals surface area contributed by atoms with Crippen molar-refractivity contribution in [1.82, 2.24) is 0 Å². The van der Waals surface area contributed by atoms with Gasteiger partial charge in [0.1, 0.15) is 0 Å². The van der Waals surface area contributed by atoms with Crippen molar-refractivity contribution in [3.8, 4) is 0 Å². The van der Waals surface area contributed by atoms with E-state index in [1.54, 1.807) is 16.7 Å². The van der Waals surface area contributed by atoms with E-state index in [2.05, 4.69) is 71.9 Å². The first-order valence-electron chi connectivity index (χ1n) is 13.7. The predicted octanol–water partition coefficient (Wildman–Crippen LogP) is 8.20. The van der Waals surface area contributed by atoms with Crippen molar-refractivity contribution >= 4 is 0 Å². The highest BCUT2D eigenvalue weighted by molar-refractivity contribution is 5.50. The van der Waals surface area contributed by atoms with Crippen molar-refractivity contribution in [1.29, 1.82) is 0 Å². The molecule has 0 spiro atoms. The maximum atomic E-state index is 10.8. The van der Waals surface area contributed by atoms with Crippen LogP contribution in [0.3, 0.4) is 0 Å². The molecule has 4 aliphatic rings. The van der Waals surface area contributed by atoms with Gasteiger partial charge in [0.25, 0.3) is 0 Å². The van der Waals surface area contributed by atoms with Crippen LogP contribution in [0.1, 0.15) is 97.1 Å². The highest BCUT2D eigenvalue weighted by Gasteiger charge is 2.57. The van der Waals surface area contributed by atoms with Gasteiger partial charge in [0.05, 0.1) is 6.10 Å². The van der Waals surface area contributed by atoms with E-state index in [0.29, 0.717) is 11.3 Å². The standard InChI is InChI=1S/C32H46O/c1-21-9-7-8-10-23(21)12-11-22(2)25-14-15-26-24-13-16-28-30(3,4)29(33)18-20-32(28,6)27(24)17-19-31(25,26)5/h7-10,15,22,25,28-29,33H,11-14,16-20H2,1-6H3/t22-,25-,28+,29+,31-,32-/m1/s1. The van der Waals surface area contributed by atoms with Gasteiger partial charge in [0.2, 0.25) is 0 Å². The average molecular weight is 447 g/mol. The van der Waals surface area contributed by atoms with Gasteiger partial charge >= 0.3 is 0 Å². The Balaban J connectivity index is 1.38. The Morgan fingerprint density at radius 3 is 2.52 bits per heavy atom. The van der Waals surface area contributed by atoms with Crippen LogP contribution in [0.4, 0.5) is 0 Å². The zero-order chi connectivity index (χ0) is 23.6. The fraction of sp³-hybridized carbons (Fsp3) is 0.688. The van der Waals surface area contributed by atoms with E-state index in [-0.39, 0.29) is 16.9 Å². The molecule has 0 unspecified atom stereocenters. The number of hydrogen-bond acceptors (Lipinski definition) is 1. The van der Waals surface area contributed by atoms with Crippen molar-refractivity contribution < 1.29 is 5.11 Å². The molecule has 1 heteroatoms. The molecular weight excluding hydrogens is 400 g/mol. The van der Waals surface area contributed by atoms with Gasteiger partial charge in [0, 0.05) is 0 Å². The zero-order valence-electron chi connectivity index (χ0n) is 22.0. The SMILES string of the molecule is Cc1ccccc1CC[C@@H](C)[C@H]1CC=C2C3=C(CC[C@@]21C)[C@@]1(C)CC[C@H](O)C(C)(C)[C@@H]1CC3. The molecule has 1 saturated carbocycles. The Morgan fingerprint density at radius 2 is 1.76 bits per heavy atom. The van der Waals surface area contributed by atoms with Gasteiger partial charge in [-0.25, -0.2) is 0 Å². The Morgan fingerprint density at radius 1 is 1.00 bits per heavy atom. The summed E-state index contributed by atoms with van der Waals surface area (Å²) in [6.45, 7) is 14.6. The first-order valence-corrected chi connectivity index (χ1v) is 13.7.